The lowest BCUT2D eigenvalue weighted by molar-refractivity contribution is -0.527. The van der Waals surface area contributed by atoms with E-state index in [2.05, 4.69) is 34.4 Å². The first-order valence-electron chi connectivity index (χ1n) is 23.0. The van der Waals surface area contributed by atoms with Crippen molar-refractivity contribution in [3.8, 4) is 34.8 Å². The van der Waals surface area contributed by atoms with Crippen LogP contribution in [-0.2, 0) is 53.8 Å². The number of benzene rings is 2. The summed E-state index contributed by atoms with van der Waals surface area (Å²) in [5, 5.41) is 69.2. The van der Waals surface area contributed by atoms with E-state index in [0.717, 1.165) is 5.56 Å². The summed E-state index contributed by atoms with van der Waals surface area (Å²) in [5.74, 6) is -2.56. The molecule has 32 heteroatoms. The third kappa shape index (κ3) is 20.4. The molecule has 422 valence electrons. The molecule has 0 spiro atoms. The van der Waals surface area contributed by atoms with Gasteiger partial charge in [0.1, 0.15) is 38.6 Å². The molecule has 2 atom stereocenters. The second-order valence-corrected chi connectivity index (χ2v) is 19.2. The average Bonchev–Trinajstić information content (AvgIpc) is 3.35. The fourth-order valence-electron chi connectivity index (χ4n) is 6.78. The van der Waals surface area contributed by atoms with Crippen LogP contribution in [0.15, 0.2) is 71.9 Å². The lowest BCUT2D eigenvalue weighted by Gasteiger charge is -2.37. The zero-order valence-electron chi connectivity index (χ0n) is 42.2. The number of para-hydroxylation sites is 2. The Morgan fingerprint density at radius 2 is 1.25 bits per heavy atom. The van der Waals surface area contributed by atoms with Gasteiger partial charge in [0.2, 0.25) is 11.6 Å². The van der Waals surface area contributed by atoms with Crippen LogP contribution in [0.4, 0.5) is 10.6 Å². The van der Waals surface area contributed by atoms with E-state index in [0.29, 0.717) is 17.1 Å². The molecule has 0 radical (unpaired) electrons. The van der Waals surface area contributed by atoms with Gasteiger partial charge in [-0.05, 0) is 87.3 Å². The summed E-state index contributed by atoms with van der Waals surface area (Å²) in [6.45, 7) is 6.13. The topological polar surface area (TPSA) is 390 Å². The number of sulfonamides is 1. The van der Waals surface area contributed by atoms with E-state index < -0.39 is 111 Å². The molecule has 2 heterocycles. The summed E-state index contributed by atoms with van der Waals surface area (Å²) in [5.41, 5.74) is -1.88. The van der Waals surface area contributed by atoms with E-state index in [1.165, 1.54) is 57.6 Å². The summed E-state index contributed by atoms with van der Waals surface area (Å²) >= 11 is 0. The Morgan fingerprint density at radius 3 is 1.82 bits per heavy atom. The first-order chi connectivity index (χ1) is 35.9. The van der Waals surface area contributed by atoms with Crippen molar-refractivity contribution in [2.24, 2.45) is 0 Å². The number of esters is 1. The molecule has 0 aliphatic carbocycles. The predicted molar refractivity (Wildman–Crippen MR) is 250 cm³/mol. The lowest BCUT2D eigenvalue weighted by Crippen LogP contribution is -2.51. The number of ether oxygens (including phenoxy) is 6. The second kappa shape index (κ2) is 30.0. The minimum absolute atomic E-state index is 0.00274. The number of nitrogens with zero attached hydrogens (tertiary/aromatic N) is 9. The van der Waals surface area contributed by atoms with Crippen LogP contribution in [0.25, 0.3) is 11.6 Å². The summed E-state index contributed by atoms with van der Waals surface area (Å²) in [7, 11) is -3.57. The van der Waals surface area contributed by atoms with Crippen molar-refractivity contribution in [2.45, 2.75) is 108 Å². The van der Waals surface area contributed by atoms with E-state index in [4.69, 9.17) is 74.9 Å². The molecule has 0 saturated carbocycles. The normalized spacial score (nSPS) is 13.0. The van der Waals surface area contributed by atoms with Crippen molar-refractivity contribution in [1.29, 1.82) is 0 Å². The zero-order valence-corrected chi connectivity index (χ0v) is 43.0. The number of rotatable bonds is 33. The molecular formula is C44H63N9O22S. The van der Waals surface area contributed by atoms with Gasteiger partial charge in [-0.25, -0.2) is 51.8 Å². The predicted octanol–water partition coefficient (Wildman–Crippen LogP) is 5.55. The number of unbranched alkanes of at least 4 members (excludes halogenated alkanes) is 2. The number of hydrogen-bond donors (Lipinski definition) is 8. The van der Waals surface area contributed by atoms with E-state index in [1.54, 1.807) is 30.3 Å². The summed E-state index contributed by atoms with van der Waals surface area (Å²) in [6, 6.07) is 13.8. The van der Waals surface area contributed by atoms with Crippen molar-refractivity contribution in [2.75, 3.05) is 44.4 Å². The van der Waals surface area contributed by atoms with Crippen LogP contribution in [0.2, 0.25) is 0 Å². The van der Waals surface area contributed by atoms with Crippen LogP contribution >= 0.6 is 0 Å². The first-order valence-corrected chi connectivity index (χ1v) is 24.5. The molecular weight excluding hydrogens is 1040 g/mol. The van der Waals surface area contributed by atoms with E-state index in [-0.39, 0.29) is 66.8 Å². The average molecular weight is 1100 g/mol. The molecule has 2 aromatic heterocycles. The Hall–Kier alpha value is -6.15. The Bertz CT molecular complexity index is 2510. The molecule has 0 saturated heterocycles. The van der Waals surface area contributed by atoms with Gasteiger partial charge < -0.3 is 28.4 Å². The Balaban J connectivity index is 1.75. The van der Waals surface area contributed by atoms with Gasteiger partial charge in [0.15, 0.2) is 28.9 Å². The van der Waals surface area contributed by atoms with Gasteiger partial charge in [-0.1, -0.05) is 51.5 Å². The third-order valence-electron chi connectivity index (χ3n) is 10.3. The Labute approximate surface area is 435 Å². The minimum atomic E-state index is -4.93. The van der Waals surface area contributed by atoms with E-state index >= 15 is 8.42 Å². The number of methoxy groups -OCH3 is 1. The third-order valence-corrected chi connectivity index (χ3v) is 12.2. The minimum Gasteiger partial charge on any atom is -0.493 e. The molecule has 0 amide bonds. The van der Waals surface area contributed by atoms with Gasteiger partial charge in [0.05, 0.1) is 40.2 Å². The fourth-order valence-corrected chi connectivity index (χ4v) is 8.44. The molecule has 31 nitrogen and oxygen atoms in total. The highest BCUT2D eigenvalue weighted by atomic mass is 32.2. The number of carbonyl (C=O) groups excluding carboxylic acids is 2. The Kier molecular flexibility index (Phi) is 24.6. The molecule has 8 N–H and O–H groups in total. The summed E-state index contributed by atoms with van der Waals surface area (Å²) in [6.07, 6.45) is -0.0277. The molecule has 0 aliphatic heterocycles. The van der Waals surface area contributed by atoms with Gasteiger partial charge in [-0.15, -0.1) is 0 Å². The lowest BCUT2D eigenvalue weighted by atomic mass is 9.87. The van der Waals surface area contributed by atoms with Gasteiger partial charge in [0.25, 0.3) is 15.9 Å². The highest BCUT2D eigenvalue weighted by Crippen LogP contribution is 2.46. The quantitative estimate of drug-likeness (QED) is 0.0125. The molecule has 4 rings (SSSR count). The highest BCUT2D eigenvalue weighted by molar-refractivity contribution is 7.92. The van der Waals surface area contributed by atoms with Gasteiger partial charge in [-0.3, -0.25) is 46.5 Å². The van der Waals surface area contributed by atoms with Crippen LogP contribution in [0, 0.1) is 0 Å². The maximum absolute atomic E-state index is 15.4. The molecule has 0 aliphatic rings. The number of carbonyl (C=O) groups is 2. The maximum atomic E-state index is 15.4. The maximum Gasteiger partial charge on any atom is 0.510 e. The Morgan fingerprint density at radius 1 is 0.658 bits per heavy atom. The van der Waals surface area contributed by atoms with Gasteiger partial charge in [0, 0.05) is 18.8 Å². The summed E-state index contributed by atoms with van der Waals surface area (Å²) in [4.78, 5) is 62.2. The van der Waals surface area contributed by atoms with Crippen molar-refractivity contribution < 1.29 is 107 Å². The monoisotopic (exact) mass is 1100 g/mol. The van der Waals surface area contributed by atoms with Crippen molar-refractivity contribution in [1.82, 2.24) is 41.5 Å². The standard InChI is InChI=1S/C44H63N9O22S/c1-43(2,3)30-19-21-33(22-20-30)76(64,65)49(44(4,5)73-42(55)69-25-11-7-8-14-31(74-52(60)61)28-70-50(56)57)40-37(72-35-17-10-9-16-34(35)66-6)41(48-39(47-40)38-45-23-13-24-46-38)68-27-26-67-36(54)18-12-15-32(75-53(62)63)29-71-51(58)59/h9-10,13,16-17,19-24,31-32,56-63H,7-8,11-12,14-15,18,25-29H2,1-6H3. The van der Waals surface area contributed by atoms with Crippen molar-refractivity contribution >= 4 is 28.0 Å². The van der Waals surface area contributed by atoms with Crippen molar-refractivity contribution in [3.63, 3.8) is 0 Å². The van der Waals surface area contributed by atoms with Gasteiger partial charge >= 0.3 is 12.1 Å². The number of hydrogen-bond acceptors (Lipinski definition) is 30. The van der Waals surface area contributed by atoms with Crippen LogP contribution < -0.4 is 18.5 Å². The summed E-state index contributed by atoms with van der Waals surface area (Å²) < 4.78 is 66.2. The smallest absolute Gasteiger partial charge is 0.493 e. The number of aromatic nitrogens is 4. The van der Waals surface area contributed by atoms with Crippen LogP contribution in [0.5, 0.6) is 23.1 Å². The molecule has 0 bridgehead atoms. The van der Waals surface area contributed by atoms with E-state index in [9.17, 15) is 9.59 Å². The van der Waals surface area contributed by atoms with Crippen molar-refractivity contribution in [3.05, 3.63) is 72.6 Å². The molecule has 2 aromatic carbocycles. The molecule has 76 heavy (non-hydrogen) atoms. The molecule has 0 fully saturated rings. The zero-order chi connectivity index (χ0) is 56.1. The van der Waals surface area contributed by atoms with E-state index in [1.807, 2.05) is 20.8 Å². The second-order valence-electron chi connectivity index (χ2n) is 17.4. The van der Waals surface area contributed by atoms with Crippen LogP contribution in [0.3, 0.4) is 0 Å². The molecule has 4 aromatic rings. The SMILES string of the molecule is COc1ccccc1Oc1c(OCCOC(=O)CCCC(CON(O)O)ON(O)O)nc(-c2ncccn2)nc1N(C(C)(C)OC(=O)OCCCCCC(CON(O)O)ON(O)O)S(=O)(=O)c1ccc(C(C)(C)C)cc1. The largest absolute Gasteiger partial charge is 0.510 e. The van der Waals surface area contributed by atoms with Crippen LogP contribution in [0.1, 0.15) is 85.1 Å². The van der Waals surface area contributed by atoms with Crippen LogP contribution in [-0.4, -0.2) is 162 Å². The first kappa shape index (κ1) is 62.4. The van der Waals surface area contributed by atoms with Gasteiger partial charge in [-0.2, -0.15) is 4.98 Å². The molecule has 2 unspecified atom stereocenters. The fraction of sp³-hybridized carbons (Fsp3) is 0.500. The number of anilines is 1. The highest BCUT2D eigenvalue weighted by Gasteiger charge is 2.45.